The first-order valence-electron chi connectivity index (χ1n) is 8.61. The number of carboxylic acid groups (broad SMARTS) is 1. The third-order valence-electron chi connectivity index (χ3n) is 5.40. The van der Waals surface area contributed by atoms with Crippen LogP contribution in [-0.2, 0) is 4.79 Å². The molecular weight excluding hydrogens is 310 g/mol. The van der Waals surface area contributed by atoms with Gasteiger partial charge in [-0.1, -0.05) is 18.9 Å². The first-order chi connectivity index (χ1) is 11.7. The van der Waals surface area contributed by atoms with Gasteiger partial charge in [0.15, 0.2) is 11.5 Å². The number of fused-ring (bicyclic) bond motifs is 2. The minimum absolute atomic E-state index is 0.0210. The summed E-state index contributed by atoms with van der Waals surface area (Å²) in [5, 5.41) is 9.62. The molecule has 4 rings (SSSR count). The number of rotatable bonds is 2. The number of carboxylic acids is 1. The highest BCUT2D eigenvalue weighted by molar-refractivity contribution is 6.00. The second-order valence-electron chi connectivity index (χ2n) is 6.74. The Balaban J connectivity index is 1.71. The monoisotopic (exact) mass is 331 g/mol. The number of benzene rings is 1. The molecule has 1 saturated carbocycles. The van der Waals surface area contributed by atoms with Crippen molar-refractivity contribution in [3.63, 3.8) is 0 Å². The molecule has 128 valence electrons. The topological polar surface area (TPSA) is 76.1 Å². The van der Waals surface area contributed by atoms with Crippen molar-refractivity contribution in [2.75, 3.05) is 13.2 Å². The Morgan fingerprint density at radius 2 is 1.92 bits per heavy atom. The van der Waals surface area contributed by atoms with E-state index in [0.29, 0.717) is 42.6 Å². The van der Waals surface area contributed by atoms with E-state index < -0.39 is 12.0 Å². The van der Waals surface area contributed by atoms with Crippen LogP contribution >= 0.6 is 0 Å². The number of carbonyl (C=O) groups is 2. The second-order valence-corrected chi connectivity index (χ2v) is 6.74. The highest BCUT2D eigenvalue weighted by Gasteiger charge is 2.48. The fraction of sp³-hybridized carbons (Fsp3) is 0.556. The lowest BCUT2D eigenvalue weighted by molar-refractivity contribution is -0.141. The van der Waals surface area contributed by atoms with Crippen molar-refractivity contribution >= 4 is 11.9 Å². The van der Waals surface area contributed by atoms with Crippen LogP contribution < -0.4 is 9.47 Å². The maximum atomic E-state index is 13.2. The highest BCUT2D eigenvalue weighted by atomic mass is 16.6. The summed E-state index contributed by atoms with van der Waals surface area (Å²) < 4.78 is 11.2. The Hall–Kier alpha value is -2.24. The molecule has 1 N–H and O–H groups in total. The van der Waals surface area contributed by atoms with E-state index in [0.717, 1.165) is 25.7 Å². The van der Waals surface area contributed by atoms with E-state index in [9.17, 15) is 14.7 Å². The van der Waals surface area contributed by atoms with Crippen molar-refractivity contribution < 1.29 is 24.2 Å². The van der Waals surface area contributed by atoms with Gasteiger partial charge in [-0.05, 0) is 37.3 Å². The molecule has 0 bridgehead atoms. The summed E-state index contributed by atoms with van der Waals surface area (Å²) in [4.78, 5) is 26.5. The van der Waals surface area contributed by atoms with Gasteiger partial charge in [-0.25, -0.2) is 4.79 Å². The molecule has 0 unspecified atom stereocenters. The fourth-order valence-corrected chi connectivity index (χ4v) is 4.35. The molecule has 0 aromatic heterocycles. The molecule has 1 amide bonds. The number of nitrogens with zero attached hydrogens (tertiary/aromatic N) is 1. The molecular formula is C18H21NO5. The molecule has 2 aliphatic heterocycles. The molecule has 2 fully saturated rings. The minimum Gasteiger partial charge on any atom is -0.486 e. The van der Waals surface area contributed by atoms with Crippen LogP contribution in [0.15, 0.2) is 18.2 Å². The molecule has 2 heterocycles. The zero-order valence-corrected chi connectivity index (χ0v) is 13.4. The molecule has 1 aromatic rings. The van der Waals surface area contributed by atoms with Crippen LogP contribution in [0.5, 0.6) is 11.5 Å². The molecule has 0 spiro atoms. The van der Waals surface area contributed by atoms with Crippen LogP contribution in [0, 0.1) is 5.92 Å². The minimum atomic E-state index is -0.917. The molecule has 6 nitrogen and oxygen atoms in total. The molecule has 24 heavy (non-hydrogen) atoms. The van der Waals surface area contributed by atoms with E-state index in [2.05, 4.69) is 0 Å². The molecule has 1 aliphatic carbocycles. The quantitative estimate of drug-likeness (QED) is 0.900. The van der Waals surface area contributed by atoms with Crippen LogP contribution in [0.3, 0.4) is 0 Å². The number of carbonyl (C=O) groups excluding carboxylic acids is 1. The largest absolute Gasteiger partial charge is 0.486 e. The molecule has 1 saturated heterocycles. The third kappa shape index (κ3) is 2.41. The molecule has 3 atom stereocenters. The summed E-state index contributed by atoms with van der Waals surface area (Å²) in [5.41, 5.74) is 0.407. The number of ether oxygens (including phenoxy) is 2. The summed E-state index contributed by atoms with van der Waals surface area (Å²) in [6, 6.07) is 4.50. The fourth-order valence-electron chi connectivity index (χ4n) is 4.35. The predicted octanol–water partition coefficient (Wildman–Crippen LogP) is 2.32. The Morgan fingerprint density at radius 3 is 2.75 bits per heavy atom. The average Bonchev–Trinajstić information content (AvgIpc) is 3.00. The van der Waals surface area contributed by atoms with E-state index in [1.165, 1.54) is 0 Å². The summed E-state index contributed by atoms with van der Waals surface area (Å²) >= 11 is 0. The van der Waals surface area contributed by atoms with E-state index in [1.807, 2.05) is 0 Å². The van der Waals surface area contributed by atoms with Gasteiger partial charge in [0, 0.05) is 6.04 Å². The lowest BCUT2D eigenvalue weighted by atomic mass is 9.84. The smallest absolute Gasteiger partial charge is 0.326 e. The van der Waals surface area contributed by atoms with Crippen LogP contribution in [0.25, 0.3) is 0 Å². The first-order valence-corrected chi connectivity index (χ1v) is 8.61. The van der Waals surface area contributed by atoms with Crippen LogP contribution in [0.4, 0.5) is 0 Å². The maximum absolute atomic E-state index is 13.2. The van der Waals surface area contributed by atoms with Gasteiger partial charge < -0.3 is 19.5 Å². The van der Waals surface area contributed by atoms with Crippen molar-refractivity contribution in [3.8, 4) is 11.5 Å². The van der Waals surface area contributed by atoms with Crippen molar-refractivity contribution in [1.29, 1.82) is 0 Å². The van der Waals surface area contributed by atoms with E-state index >= 15 is 0 Å². The number of para-hydroxylation sites is 1. The lowest BCUT2D eigenvalue weighted by Crippen LogP contribution is -2.46. The highest BCUT2D eigenvalue weighted by Crippen LogP contribution is 2.42. The zero-order chi connectivity index (χ0) is 16.7. The van der Waals surface area contributed by atoms with Crippen molar-refractivity contribution in [2.45, 2.75) is 44.2 Å². The van der Waals surface area contributed by atoms with Crippen LogP contribution in [0.2, 0.25) is 0 Å². The van der Waals surface area contributed by atoms with Crippen LogP contribution in [-0.4, -0.2) is 47.2 Å². The Kier molecular flexibility index (Phi) is 3.82. The van der Waals surface area contributed by atoms with E-state index in [-0.39, 0.29) is 11.9 Å². The average molecular weight is 331 g/mol. The van der Waals surface area contributed by atoms with Gasteiger partial charge in [0.25, 0.3) is 5.91 Å². The van der Waals surface area contributed by atoms with E-state index in [4.69, 9.17) is 9.47 Å². The Labute approximate surface area is 140 Å². The third-order valence-corrected chi connectivity index (χ3v) is 5.40. The molecule has 6 heteroatoms. The van der Waals surface area contributed by atoms with Gasteiger partial charge in [-0.3, -0.25) is 4.79 Å². The van der Waals surface area contributed by atoms with E-state index in [1.54, 1.807) is 23.1 Å². The summed E-state index contributed by atoms with van der Waals surface area (Å²) in [5.74, 6) is 0.120. The summed E-state index contributed by atoms with van der Waals surface area (Å²) in [7, 11) is 0. The summed E-state index contributed by atoms with van der Waals surface area (Å²) in [6.45, 7) is 0.850. The first kappa shape index (κ1) is 15.3. The normalized spacial score (nSPS) is 28.3. The van der Waals surface area contributed by atoms with Crippen molar-refractivity contribution in [2.24, 2.45) is 5.92 Å². The summed E-state index contributed by atoms with van der Waals surface area (Å²) in [6.07, 6.45) is 4.60. The number of amides is 1. The predicted molar refractivity (Wildman–Crippen MR) is 85.4 cm³/mol. The van der Waals surface area contributed by atoms with Gasteiger partial charge in [0.1, 0.15) is 19.3 Å². The van der Waals surface area contributed by atoms with Gasteiger partial charge in [0.2, 0.25) is 0 Å². The zero-order valence-electron chi connectivity index (χ0n) is 13.4. The maximum Gasteiger partial charge on any atom is 0.326 e. The van der Waals surface area contributed by atoms with Gasteiger partial charge >= 0.3 is 5.97 Å². The lowest BCUT2D eigenvalue weighted by Gasteiger charge is -2.33. The Bertz CT molecular complexity index is 673. The number of hydrogen-bond acceptors (Lipinski definition) is 4. The van der Waals surface area contributed by atoms with Gasteiger partial charge in [-0.15, -0.1) is 0 Å². The number of aliphatic carboxylic acids is 1. The molecule has 3 aliphatic rings. The standard InChI is InChI=1S/C18H21NO5/c20-17(12-5-3-7-15-16(12)24-9-8-23-15)19-13-6-2-1-4-11(13)10-14(19)18(21)22/h3,5,7,11,13-14H,1-2,4,6,8-10H2,(H,21,22)/t11-,13+,14-/m0/s1. The van der Waals surface area contributed by atoms with Gasteiger partial charge in [0.05, 0.1) is 5.56 Å². The molecule has 1 aromatic carbocycles. The van der Waals surface area contributed by atoms with Crippen molar-refractivity contribution in [1.82, 2.24) is 4.90 Å². The SMILES string of the molecule is O=C(O)[C@@H]1C[C@@H]2CCCC[C@H]2N1C(=O)c1cccc2c1OCCO2. The second kappa shape index (κ2) is 6.00. The molecule has 0 radical (unpaired) electrons. The van der Waals surface area contributed by atoms with Crippen LogP contribution in [0.1, 0.15) is 42.5 Å². The van der Waals surface area contributed by atoms with Crippen molar-refractivity contribution in [3.05, 3.63) is 23.8 Å². The van der Waals surface area contributed by atoms with Gasteiger partial charge in [-0.2, -0.15) is 0 Å². The number of likely N-dealkylation sites (tertiary alicyclic amines) is 1. The number of hydrogen-bond donors (Lipinski definition) is 1. The Morgan fingerprint density at radius 1 is 1.12 bits per heavy atom.